The summed E-state index contributed by atoms with van der Waals surface area (Å²) in [4.78, 5) is 13.3. The second-order valence-corrected chi connectivity index (χ2v) is 4.22. The number of carbonyl (C=O) groups excluding carboxylic acids is 1. The molecule has 1 amide bonds. The molecule has 1 rings (SSSR count). The topological polar surface area (TPSA) is 58.4 Å². The van der Waals surface area contributed by atoms with E-state index in [1.54, 1.807) is 4.90 Å². The first kappa shape index (κ1) is 16.1. The molecule has 0 fully saturated rings. The van der Waals surface area contributed by atoms with Gasteiger partial charge in [-0.25, -0.2) is 0 Å². The van der Waals surface area contributed by atoms with Gasteiger partial charge in [0.15, 0.2) is 0 Å². The number of amides is 1. The number of nitrogens with one attached hydrogen (secondary N) is 1. The Morgan fingerprint density at radius 3 is 2.40 bits per heavy atom. The summed E-state index contributed by atoms with van der Waals surface area (Å²) in [6, 6.07) is 3.50. The van der Waals surface area contributed by atoms with E-state index < -0.39 is 11.7 Å². The highest BCUT2D eigenvalue weighted by Gasteiger charge is 2.33. The first-order valence-corrected chi connectivity index (χ1v) is 6.28. The Labute approximate surface area is 115 Å². The number of halogens is 3. The molecule has 0 aliphatic carbocycles. The smallest absolute Gasteiger partial charge is 0.398 e. The Morgan fingerprint density at radius 2 is 1.90 bits per heavy atom. The van der Waals surface area contributed by atoms with E-state index in [1.165, 1.54) is 12.1 Å². The van der Waals surface area contributed by atoms with Crippen LogP contribution in [0, 0.1) is 0 Å². The van der Waals surface area contributed by atoms with Crippen molar-refractivity contribution in [3.05, 3.63) is 23.8 Å². The van der Waals surface area contributed by atoms with Crippen LogP contribution in [0.5, 0.6) is 0 Å². The van der Waals surface area contributed by atoms with Crippen molar-refractivity contribution in [2.75, 3.05) is 30.7 Å². The Hall–Kier alpha value is -1.92. The third-order valence-electron chi connectivity index (χ3n) is 2.92. The summed E-state index contributed by atoms with van der Waals surface area (Å²) < 4.78 is 38.0. The number of alkyl halides is 3. The van der Waals surface area contributed by atoms with Gasteiger partial charge >= 0.3 is 6.18 Å². The van der Waals surface area contributed by atoms with Crippen LogP contribution >= 0.6 is 0 Å². The summed E-state index contributed by atoms with van der Waals surface area (Å²) in [5, 5.41) is 2.69. The normalized spacial score (nSPS) is 11.2. The van der Waals surface area contributed by atoms with Crippen LogP contribution in [0.1, 0.15) is 19.4 Å². The van der Waals surface area contributed by atoms with E-state index in [1.807, 2.05) is 13.8 Å². The molecule has 3 N–H and O–H groups in total. The first-order chi connectivity index (χ1) is 9.29. The van der Waals surface area contributed by atoms with Crippen LogP contribution in [0.4, 0.5) is 24.5 Å². The summed E-state index contributed by atoms with van der Waals surface area (Å²) in [5.74, 6) is -0.166. The van der Waals surface area contributed by atoms with Gasteiger partial charge in [0, 0.05) is 24.5 Å². The van der Waals surface area contributed by atoms with Crippen molar-refractivity contribution in [3.8, 4) is 0 Å². The maximum Gasteiger partial charge on any atom is 0.418 e. The summed E-state index contributed by atoms with van der Waals surface area (Å²) in [7, 11) is 0. The van der Waals surface area contributed by atoms with E-state index in [-0.39, 0.29) is 23.8 Å². The Kier molecular flexibility index (Phi) is 5.24. The van der Waals surface area contributed by atoms with Crippen molar-refractivity contribution in [2.45, 2.75) is 20.0 Å². The van der Waals surface area contributed by atoms with E-state index in [0.29, 0.717) is 13.1 Å². The number of nitrogens with zero attached hydrogens (tertiary/aromatic N) is 1. The lowest BCUT2D eigenvalue weighted by atomic mass is 10.1. The minimum atomic E-state index is -4.51. The van der Waals surface area contributed by atoms with Crippen molar-refractivity contribution in [2.24, 2.45) is 0 Å². The molecular weight excluding hydrogens is 271 g/mol. The van der Waals surface area contributed by atoms with Gasteiger partial charge in [-0.05, 0) is 32.0 Å². The minimum absolute atomic E-state index is 0.0527. The fraction of sp³-hybridized carbons (Fsp3) is 0.462. The van der Waals surface area contributed by atoms with Crippen molar-refractivity contribution in [1.29, 1.82) is 0 Å². The highest BCUT2D eigenvalue weighted by atomic mass is 19.4. The van der Waals surface area contributed by atoms with Crippen molar-refractivity contribution in [1.82, 2.24) is 4.90 Å². The highest BCUT2D eigenvalue weighted by molar-refractivity contribution is 5.81. The monoisotopic (exact) mass is 289 g/mol. The lowest BCUT2D eigenvalue weighted by molar-refractivity contribution is -0.136. The SMILES string of the molecule is CCN(CC)C(=O)CNc1ccc(N)c(C(F)(F)F)c1. The van der Waals surface area contributed by atoms with Gasteiger partial charge in [0.25, 0.3) is 0 Å². The summed E-state index contributed by atoms with van der Waals surface area (Å²) in [6.45, 7) is 4.75. The number of likely N-dealkylation sites (N-methyl/N-ethyl adjacent to an activating group) is 1. The van der Waals surface area contributed by atoms with Crippen molar-refractivity contribution in [3.63, 3.8) is 0 Å². The summed E-state index contributed by atoms with van der Waals surface area (Å²) in [5.41, 5.74) is 4.27. The molecule has 0 aliphatic heterocycles. The molecule has 1 aromatic rings. The Morgan fingerprint density at radius 1 is 1.30 bits per heavy atom. The molecule has 0 atom stereocenters. The third-order valence-corrected chi connectivity index (χ3v) is 2.92. The van der Waals surface area contributed by atoms with Gasteiger partial charge in [-0.1, -0.05) is 0 Å². The molecule has 0 saturated carbocycles. The van der Waals surface area contributed by atoms with Crippen molar-refractivity contribution < 1.29 is 18.0 Å². The van der Waals surface area contributed by atoms with Gasteiger partial charge in [0.1, 0.15) is 0 Å². The molecule has 4 nitrogen and oxygen atoms in total. The number of benzene rings is 1. The van der Waals surface area contributed by atoms with Gasteiger partial charge in [0.05, 0.1) is 12.1 Å². The number of nitrogens with two attached hydrogens (primary N) is 1. The number of nitrogen functional groups attached to an aromatic ring is 1. The zero-order chi connectivity index (χ0) is 15.3. The zero-order valence-corrected chi connectivity index (χ0v) is 11.4. The molecule has 1 aromatic carbocycles. The molecule has 0 bridgehead atoms. The van der Waals surface area contributed by atoms with E-state index >= 15 is 0 Å². The average molecular weight is 289 g/mol. The van der Waals surface area contributed by atoms with Crippen LogP contribution in [-0.2, 0) is 11.0 Å². The van der Waals surface area contributed by atoms with E-state index in [0.717, 1.165) is 6.07 Å². The van der Waals surface area contributed by atoms with E-state index in [9.17, 15) is 18.0 Å². The number of hydrogen-bond donors (Lipinski definition) is 2. The standard InChI is InChI=1S/C13H18F3N3O/c1-3-19(4-2)12(20)8-18-9-5-6-11(17)10(7-9)13(14,15)16/h5-7,18H,3-4,8,17H2,1-2H3. The van der Waals surface area contributed by atoms with Crippen LogP contribution in [-0.4, -0.2) is 30.4 Å². The van der Waals surface area contributed by atoms with Crippen molar-refractivity contribution >= 4 is 17.3 Å². The molecule has 0 unspecified atom stereocenters. The summed E-state index contributed by atoms with van der Waals surface area (Å²) in [6.07, 6.45) is -4.51. The average Bonchev–Trinajstić information content (AvgIpc) is 2.37. The van der Waals surface area contributed by atoms with E-state index in [4.69, 9.17) is 5.73 Å². The minimum Gasteiger partial charge on any atom is -0.398 e. The molecule has 0 aliphatic rings. The fourth-order valence-electron chi connectivity index (χ4n) is 1.78. The predicted molar refractivity (Wildman–Crippen MR) is 72.3 cm³/mol. The Balaban J connectivity index is 2.77. The van der Waals surface area contributed by atoms with Gasteiger partial charge in [-0.2, -0.15) is 13.2 Å². The number of rotatable bonds is 5. The largest absolute Gasteiger partial charge is 0.418 e. The third kappa shape index (κ3) is 4.04. The van der Waals surface area contributed by atoms with Crippen LogP contribution < -0.4 is 11.1 Å². The van der Waals surface area contributed by atoms with Gasteiger partial charge < -0.3 is 16.0 Å². The summed E-state index contributed by atoms with van der Waals surface area (Å²) >= 11 is 0. The van der Waals surface area contributed by atoms with Gasteiger partial charge in [-0.3, -0.25) is 4.79 Å². The van der Waals surface area contributed by atoms with Crippen LogP contribution in [0.15, 0.2) is 18.2 Å². The molecule has 112 valence electrons. The maximum absolute atomic E-state index is 12.7. The lowest BCUT2D eigenvalue weighted by Gasteiger charge is -2.19. The molecule has 7 heteroatoms. The molecule has 0 heterocycles. The first-order valence-electron chi connectivity index (χ1n) is 6.28. The van der Waals surface area contributed by atoms with Gasteiger partial charge in [0.2, 0.25) is 5.91 Å². The number of hydrogen-bond acceptors (Lipinski definition) is 3. The lowest BCUT2D eigenvalue weighted by Crippen LogP contribution is -2.35. The molecule has 0 saturated heterocycles. The second-order valence-electron chi connectivity index (χ2n) is 4.22. The predicted octanol–water partition coefficient (Wildman–Crippen LogP) is 2.57. The van der Waals surface area contributed by atoms with Crippen LogP contribution in [0.3, 0.4) is 0 Å². The Bertz CT molecular complexity index is 470. The molecule has 0 radical (unpaired) electrons. The van der Waals surface area contributed by atoms with Crippen LogP contribution in [0.2, 0.25) is 0 Å². The zero-order valence-electron chi connectivity index (χ0n) is 11.4. The molecule has 20 heavy (non-hydrogen) atoms. The maximum atomic E-state index is 12.7. The molecule has 0 aromatic heterocycles. The fourth-order valence-corrected chi connectivity index (χ4v) is 1.78. The number of anilines is 2. The number of carbonyl (C=O) groups is 1. The highest BCUT2D eigenvalue weighted by Crippen LogP contribution is 2.35. The second kappa shape index (κ2) is 6.49. The molecular formula is C13H18F3N3O. The molecule has 0 spiro atoms. The quantitative estimate of drug-likeness (QED) is 0.819. The van der Waals surface area contributed by atoms with E-state index in [2.05, 4.69) is 5.32 Å². The van der Waals surface area contributed by atoms with Crippen LogP contribution in [0.25, 0.3) is 0 Å². The van der Waals surface area contributed by atoms with Gasteiger partial charge in [-0.15, -0.1) is 0 Å².